The van der Waals surface area contributed by atoms with Gasteiger partial charge in [0.1, 0.15) is 12.4 Å². The van der Waals surface area contributed by atoms with E-state index < -0.39 is 0 Å². The summed E-state index contributed by atoms with van der Waals surface area (Å²) in [6.45, 7) is 1.82. The smallest absolute Gasteiger partial charge is 0.226 e. The number of ether oxygens (including phenoxy) is 2. The number of carbonyl (C=O) groups excluding carboxylic acids is 1. The van der Waals surface area contributed by atoms with Crippen LogP contribution in [-0.2, 0) is 14.9 Å². The third-order valence-electron chi connectivity index (χ3n) is 7.82. The Morgan fingerprint density at radius 3 is 2.48 bits per heavy atom. The Balaban J connectivity index is 1.39. The fraction of sp³-hybridized carbons (Fsp3) is 0.640. The van der Waals surface area contributed by atoms with Crippen LogP contribution in [0.2, 0.25) is 0 Å². The average Bonchev–Trinajstić information content (AvgIpc) is 3.13. The summed E-state index contributed by atoms with van der Waals surface area (Å²) in [7, 11) is 0. The van der Waals surface area contributed by atoms with Crippen LogP contribution in [0.5, 0.6) is 5.75 Å². The van der Waals surface area contributed by atoms with Gasteiger partial charge in [0.05, 0.1) is 6.33 Å². The molecule has 31 heavy (non-hydrogen) atoms. The van der Waals surface area contributed by atoms with Gasteiger partial charge in [-0.05, 0) is 74.5 Å². The minimum atomic E-state index is -0.196. The van der Waals surface area contributed by atoms with Gasteiger partial charge >= 0.3 is 0 Å². The zero-order valence-corrected chi connectivity index (χ0v) is 18.3. The van der Waals surface area contributed by atoms with E-state index in [4.69, 9.17) is 15.2 Å². The molecule has 0 spiro atoms. The highest BCUT2D eigenvalue weighted by atomic mass is 19.1. The lowest BCUT2D eigenvalue weighted by Crippen LogP contribution is -2.49. The second-order valence-corrected chi connectivity index (χ2v) is 9.56. The standard InChI is InChI=1S/C25H35FN2O3/c26-16-19(17-27)18-31-22-4-2-20(3-5-22)24-8-1-9-25(12-10-24,13-11-24)23(29)28-21-6-14-30-15-7-21/h2-5,16,21H,1,6-15,17-18,27H2,(H,28,29)/b19-16+. The van der Waals surface area contributed by atoms with Crippen molar-refractivity contribution < 1.29 is 18.7 Å². The first-order chi connectivity index (χ1) is 15.1. The Labute approximate surface area is 184 Å². The maximum atomic E-state index is 13.3. The van der Waals surface area contributed by atoms with Gasteiger partial charge in [0.15, 0.2) is 0 Å². The van der Waals surface area contributed by atoms with Gasteiger partial charge in [0.2, 0.25) is 5.91 Å². The fourth-order valence-corrected chi connectivity index (χ4v) is 5.64. The predicted molar refractivity (Wildman–Crippen MR) is 119 cm³/mol. The van der Waals surface area contributed by atoms with Gasteiger partial charge < -0.3 is 20.5 Å². The molecule has 1 aromatic carbocycles. The van der Waals surface area contributed by atoms with Crippen LogP contribution in [-0.4, -0.2) is 38.3 Å². The Morgan fingerprint density at radius 1 is 1.13 bits per heavy atom. The summed E-state index contributed by atoms with van der Waals surface area (Å²) >= 11 is 0. The molecule has 3 aliphatic carbocycles. The SMILES string of the molecule is NC/C(=C\F)COc1ccc(C23CCCC(C(=O)NC4CCOCC4)(CC2)CC3)cc1. The molecular formula is C25H35FN2O3. The van der Waals surface area contributed by atoms with E-state index in [0.717, 1.165) is 76.8 Å². The summed E-state index contributed by atoms with van der Waals surface area (Å²) in [5, 5.41) is 3.35. The third kappa shape index (κ3) is 4.80. The zero-order chi connectivity index (χ0) is 21.7. The molecule has 3 saturated carbocycles. The number of hydrogen-bond donors (Lipinski definition) is 2. The molecule has 4 fully saturated rings. The number of halogens is 1. The van der Waals surface area contributed by atoms with Gasteiger partial charge in [0.25, 0.3) is 0 Å². The largest absolute Gasteiger partial charge is 0.489 e. The molecule has 0 unspecified atom stereocenters. The normalized spacial score (nSPS) is 29.4. The number of rotatable bonds is 7. The van der Waals surface area contributed by atoms with Gasteiger partial charge in [-0.25, -0.2) is 4.39 Å². The van der Waals surface area contributed by atoms with Crippen LogP contribution >= 0.6 is 0 Å². The van der Waals surface area contributed by atoms with Crippen molar-refractivity contribution in [3.63, 3.8) is 0 Å². The number of nitrogens with one attached hydrogen (secondary N) is 1. The van der Waals surface area contributed by atoms with E-state index in [0.29, 0.717) is 11.9 Å². The number of nitrogens with two attached hydrogens (primary N) is 1. The van der Waals surface area contributed by atoms with Gasteiger partial charge in [-0.3, -0.25) is 4.79 Å². The molecule has 5 rings (SSSR count). The summed E-state index contributed by atoms with van der Waals surface area (Å²) in [4.78, 5) is 13.3. The van der Waals surface area contributed by atoms with E-state index in [1.807, 2.05) is 12.1 Å². The molecule has 0 aromatic heterocycles. The zero-order valence-electron chi connectivity index (χ0n) is 18.3. The Bertz CT molecular complexity index is 778. The topological polar surface area (TPSA) is 73.6 Å². The summed E-state index contributed by atoms with van der Waals surface area (Å²) in [5.74, 6) is 0.998. The van der Waals surface area contributed by atoms with Gasteiger partial charge in [0, 0.05) is 36.8 Å². The maximum Gasteiger partial charge on any atom is 0.226 e. The lowest BCUT2D eigenvalue weighted by molar-refractivity contribution is -0.134. The average molecular weight is 431 g/mol. The first-order valence-electron chi connectivity index (χ1n) is 11.7. The van der Waals surface area contributed by atoms with E-state index in [9.17, 15) is 9.18 Å². The lowest BCUT2D eigenvalue weighted by atomic mass is 9.62. The van der Waals surface area contributed by atoms with Crippen LogP contribution in [0.3, 0.4) is 0 Å². The highest BCUT2D eigenvalue weighted by molar-refractivity contribution is 5.83. The van der Waals surface area contributed by atoms with Crippen LogP contribution < -0.4 is 15.8 Å². The molecule has 1 amide bonds. The molecule has 1 aliphatic heterocycles. The second-order valence-electron chi connectivity index (χ2n) is 9.56. The van der Waals surface area contributed by atoms with Gasteiger partial charge in [-0.1, -0.05) is 18.6 Å². The lowest BCUT2D eigenvalue weighted by Gasteiger charge is -2.43. The van der Waals surface area contributed by atoms with Crippen molar-refractivity contribution in [3.8, 4) is 5.75 Å². The molecular weight excluding hydrogens is 395 g/mol. The number of carbonyl (C=O) groups is 1. The molecule has 2 bridgehead atoms. The van der Waals surface area contributed by atoms with Crippen molar-refractivity contribution in [2.24, 2.45) is 11.1 Å². The van der Waals surface area contributed by atoms with Gasteiger partial charge in [-0.15, -0.1) is 0 Å². The summed E-state index contributed by atoms with van der Waals surface area (Å²) in [6.07, 6.45) is 9.59. The molecule has 1 aromatic rings. The van der Waals surface area contributed by atoms with E-state index in [2.05, 4.69) is 17.4 Å². The number of fused-ring (bicyclic) bond motifs is 4. The molecule has 0 radical (unpaired) electrons. The molecule has 6 heteroatoms. The Hall–Kier alpha value is -1.92. The minimum absolute atomic E-state index is 0.152. The number of benzene rings is 1. The summed E-state index contributed by atoms with van der Waals surface area (Å²) < 4.78 is 23.8. The van der Waals surface area contributed by atoms with Crippen LogP contribution in [0.4, 0.5) is 4.39 Å². The fourth-order valence-electron chi connectivity index (χ4n) is 5.64. The van der Waals surface area contributed by atoms with Crippen LogP contribution in [0, 0.1) is 5.41 Å². The van der Waals surface area contributed by atoms with Crippen molar-refractivity contribution >= 4 is 5.91 Å². The minimum Gasteiger partial charge on any atom is -0.489 e. The van der Waals surface area contributed by atoms with Crippen LogP contribution in [0.15, 0.2) is 36.2 Å². The van der Waals surface area contributed by atoms with E-state index >= 15 is 0 Å². The quantitative estimate of drug-likeness (QED) is 0.681. The van der Waals surface area contributed by atoms with E-state index in [-0.39, 0.29) is 35.9 Å². The highest BCUT2D eigenvalue weighted by Crippen LogP contribution is 2.55. The monoisotopic (exact) mass is 430 g/mol. The van der Waals surface area contributed by atoms with Crippen molar-refractivity contribution in [2.45, 2.75) is 69.2 Å². The van der Waals surface area contributed by atoms with E-state index in [1.165, 1.54) is 5.56 Å². The summed E-state index contributed by atoms with van der Waals surface area (Å²) in [5.41, 5.74) is 7.21. The first-order valence-corrected chi connectivity index (χ1v) is 11.7. The summed E-state index contributed by atoms with van der Waals surface area (Å²) in [6, 6.07) is 8.51. The molecule has 0 atom stereocenters. The molecule has 5 nitrogen and oxygen atoms in total. The highest BCUT2D eigenvalue weighted by Gasteiger charge is 2.50. The number of amides is 1. The van der Waals surface area contributed by atoms with Crippen molar-refractivity contribution in [1.29, 1.82) is 0 Å². The van der Waals surface area contributed by atoms with Gasteiger partial charge in [-0.2, -0.15) is 0 Å². The maximum absolute atomic E-state index is 13.3. The van der Waals surface area contributed by atoms with Crippen LogP contribution in [0.25, 0.3) is 0 Å². The van der Waals surface area contributed by atoms with Crippen LogP contribution in [0.1, 0.15) is 63.4 Å². The predicted octanol–water partition coefficient (Wildman–Crippen LogP) is 4.15. The van der Waals surface area contributed by atoms with Crippen molar-refractivity contribution in [3.05, 3.63) is 41.7 Å². The van der Waals surface area contributed by atoms with Crippen molar-refractivity contribution in [2.75, 3.05) is 26.4 Å². The molecule has 1 saturated heterocycles. The van der Waals surface area contributed by atoms with E-state index in [1.54, 1.807) is 0 Å². The Morgan fingerprint density at radius 2 is 1.84 bits per heavy atom. The molecule has 3 N–H and O–H groups in total. The Kier molecular flexibility index (Phi) is 6.97. The molecule has 4 aliphatic rings. The third-order valence-corrected chi connectivity index (χ3v) is 7.82. The second kappa shape index (κ2) is 9.70. The number of hydrogen-bond acceptors (Lipinski definition) is 4. The van der Waals surface area contributed by atoms with Crippen molar-refractivity contribution in [1.82, 2.24) is 5.32 Å². The first kappa shape index (κ1) is 22.3. The molecule has 1 heterocycles. The molecule has 170 valence electrons.